The average molecular weight is 319 g/mol. The molecule has 0 radical (unpaired) electrons. The third-order valence-electron chi connectivity index (χ3n) is 4.17. The largest absolute Gasteiger partial charge is 0.478 e. The van der Waals surface area contributed by atoms with Gasteiger partial charge in [0.15, 0.2) is 4.77 Å². The van der Waals surface area contributed by atoms with Gasteiger partial charge in [-0.1, -0.05) is 6.92 Å². The predicted octanol–water partition coefficient (Wildman–Crippen LogP) is 3.00. The SMILES string of the molecule is CCC(C)n1c(=S)[nH]c(=O)c2c(C(=O)O)cc(C3CC3)nc21. The Bertz CT molecular complexity index is 880. The zero-order chi connectivity index (χ0) is 16.0. The van der Waals surface area contributed by atoms with Crippen molar-refractivity contribution in [2.75, 3.05) is 0 Å². The van der Waals surface area contributed by atoms with Gasteiger partial charge in [0.1, 0.15) is 5.65 Å². The van der Waals surface area contributed by atoms with Crippen LogP contribution in [0.1, 0.15) is 61.1 Å². The van der Waals surface area contributed by atoms with Crippen LogP contribution in [0, 0.1) is 4.77 Å². The first-order valence-electron chi connectivity index (χ1n) is 7.36. The summed E-state index contributed by atoms with van der Waals surface area (Å²) < 4.78 is 2.04. The van der Waals surface area contributed by atoms with E-state index in [1.54, 1.807) is 4.57 Å². The number of aromatic carboxylic acids is 1. The molecule has 1 fully saturated rings. The molecule has 1 atom stereocenters. The zero-order valence-corrected chi connectivity index (χ0v) is 13.2. The van der Waals surface area contributed by atoms with Gasteiger partial charge in [-0.2, -0.15) is 0 Å². The monoisotopic (exact) mass is 319 g/mol. The van der Waals surface area contributed by atoms with Crippen molar-refractivity contribution in [3.63, 3.8) is 0 Å². The summed E-state index contributed by atoms with van der Waals surface area (Å²) in [6, 6.07) is 1.55. The van der Waals surface area contributed by atoms with Crippen molar-refractivity contribution in [2.45, 2.75) is 45.1 Å². The number of nitrogens with one attached hydrogen (secondary N) is 1. The Morgan fingerprint density at radius 3 is 2.82 bits per heavy atom. The Morgan fingerprint density at radius 1 is 1.59 bits per heavy atom. The minimum Gasteiger partial charge on any atom is -0.478 e. The van der Waals surface area contributed by atoms with Crippen molar-refractivity contribution in [3.8, 4) is 0 Å². The molecule has 0 bridgehead atoms. The normalized spacial score (nSPS) is 15.9. The lowest BCUT2D eigenvalue weighted by Crippen LogP contribution is -2.21. The van der Waals surface area contributed by atoms with Crippen LogP contribution < -0.4 is 5.56 Å². The summed E-state index contributed by atoms with van der Waals surface area (Å²) in [4.78, 5) is 31.0. The fourth-order valence-electron chi connectivity index (χ4n) is 2.61. The number of carboxylic acids is 1. The van der Waals surface area contributed by atoms with Crippen LogP contribution in [0.4, 0.5) is 0 Å². The number of H-pyrrole nitrogens is 1. The average Bonchev–Trinajstić information content (AvgIpc) is 3.30. The predicted molar refractivity (Wildman–Crippen MR) is 85.1 cm³/mol. The van der Waals surface area contributed by atoms with Crippen LogP contribution in [0.25, 0.3) is 11.0 Å². The van der Waals surface area contributed by atoms with Crippen LogP contribution in [0.2, 0.25) is 0 Å². The number of pyridine rings is 1. The number of nitrogens with zero attached hydrogens (tertiary/aromatic N) is 2. The van der Waals surface area contributed by atoms with Gasteiger partial charge in [-0.3, -0.25) is 14.3 Å². The molecule has 1 aliphatic rings. The van der Waals surface area contributed by atoms with Gasteiger partial charge >= 0.3 is 5.97 Å². The number of carboxylic acid groups (broad SMARTS) is 1. The van der Waals surface area contributed by atoms with Crippen molar-refractivity contribution in [2.24, 2.45) is 0 Å². The molecular formula is C15H17N3O3S. The van der Waals surface area contributed by atoms with Crippen molar-refractivity contribution >= 4 is 29.2 Å². The maximum atomic E-state index is 12.2. The summed E-state index contributed by atoms with van der Waals surface area (Å²) in [5, 5.41) is 9.58. The molecule has 0 spiro atoms. The third-order valence-corrected chi connectivity index (χ3v) is 4.47. The highest BCUT2D eigenvalue weighted by molar-refractivity contribution is 7.71. The summed E-state index contributed by atoms with van der Waals surface area (Å²) in [5.41, 5.74) is 0.624. The molecule has 3 rings (SSSR count). The van der Waals surface area contributed by atoms with Gasteiger partial charge in [0.25, 0.3) is 5.56 Å². The highest BCUT2D eigenvalue weighted by atomic mass is 32.1. The molecule has 2 heterocycles. The van der Waals surface area contributed by atoms with E-state index in [9.17, 15) is 14.7 Å². The molecule has 0 aliphatic heterocycles. The van der Waals surface area contributed by atoms with Crippen molar-refractivity contribution < 1.29 is 9.90 Å². The molecule has 22 heavy (non-hydrogen) atoms. The van der Waals surface area contributed by atoms with E-state index in [1.165, 1.54) is 6.07 Å². The number of hydrogen-bond acceptors (Lipinski definition) is 4. The molecule has 0 amide bonds. The Hall–Kier alpha value is -2.02. The first kappa shape index (κ1) is 14.9. The van der Waals surface area contributed by atoms with Gasteiger partial charge in [-0.05, 0) is 44.5 Å². The van der Waals surface area contributed by atoms with E-state index in [1.807, 2.05) is 13.8 Å². The van der Waals surface area contributed by atoms with Crippen molar-refractivity contribution in [1.82, 2.24) is 14.5 Å². The van der Waals surface area contributed by atoms with E-state index in [0.717, 1.165) is 25.0 Å². The highest BCUT2D eigenvalue weighted by Crippen LogP contribution is 2.40. The lowest BCUT2D eigenvalue weighted by molar-refractivity contribution is 0.0698. The molecule has 2 aromatic rings. The van der Waals surface area contributed by atoms with Crippen molar-refractivity contribution in [3.05, 3.63) is 32.4 Å². The molecule has 0 saturated heterocycles. The third kappa shape index (κ3) is 2.35. The van der Waals surface area contributed by atoms with Crippen molar-refractivity contribution in [1.29, 1.82) is 0 Å². The smallest absolute Gasteiger partial charge is 0.336 e. The Morgan fingerprint density at radius 2 is 2.27 bits per heavy atom. The molecule has 1 saturated carbocycles. The quantitative estimate of drug-likeness (QED) is 0.846. The number of fused-ring (bicyclic) bond motifs is 1. The molecule has 7 heteroatoms. The van der Waals surface area contributed by atoms with Crippen LogP contribution in [-0.2, 0) is 0 Å². The molecule has 1 unspecified atom stereocenters. The minimum atomic E-state index is -1.12. The van der Waals surface area contributed by atoms with E-state index in [0.29, 0.717) is 11.6 Å². The summed E-state index contributed by atoms with van der Waals surface area (Å²) in [5.74, 6) is -0.826. The zero-order valence-electron chi connectivity index (χ0n) is 12.4. The number of carbonyl (C=O) groups is 1. The molecule has 6 nitrogen and oxygen atoms in total. The highest BCUT2D eigenvalue weighted by Gasteiger charge is 2.28. The second-order valence-electron chi connectivity index (χ2n) is 5.76. The van der Waals surface area contributed by atoms with E-state index < -0.39 is 11.5 Å². The van der Waals surface area contributed by atoms with Gasteiger partial charge in [-0.25, -0.2) is 9.78 Å². The lowest BCUT2D eigenvalue weighted by Gasteiger charge is -2.17. The van der Waals surface area contributed by atoms with Crippen LogP contribution >= 0.6 is 12.2 Å². The fourth-order valence-corrected chi connectivity index (χ4v) is 2.97. The molecule has 116 valence electrons. The first-order chi connectivity index (χ1) is 10.4. The standard InChI is InChI=1S/C15H17N3O3S/c1-3-7(2)18-12-11(13(19)17-15(18)22)9(14(20)21)6-10(16-12)8-4-5-8/h6-8H,3-5H2,1-2H3,(H,20,21)(H,17,19,22). The van der Waals surface area contributed by atoms with E-state index in [-0.39, 0.29) is 21.8 Å². The number of rotatable bonds is 4. The molecule has 0 aromatic carbocycles. The Balaban J connectivity index is 2.47. The first-order valence-corrected chi connectivity index (χ1v) is 7.77. The van der Waals surface area contributed by atoms with Crippen LogP contribution in [0.3, 0.4) is 0 Å². The van der Waals surface area contributed by atoms with E-state index >= 15 is 0 Å². The number of aromatic amines is 1. The summed E-state index contributed by atoms with van der Waals surface area (Å²) >= 11 is 5.26. The molecule has 1 aliphatic carbocycles. The Kier molecular flexibility index (Phi) is 3.60. The molecular weight excluding hydrogens is 302 g/mol. The fraction of sp³-hybridized carbons (Fsp3) is 0.467. The summed E-state index contributed by atoms with van der Waals surface area (Å²) in [7, 11) is 0. The minimum absolute atomic E-state index is 0.000188. The number of aromatic nitrogens is 3. The lowest BCUT2D eigenvalue weighted by atomic mass is 10.1. The topological polar surface area (TPSA) is 88.0 Å². The van der Waals surface area contributed by atoms with E-state index in [2.05, 4.69) is 9.97 Å². The number of hydrogen-bond donors (Lipinski definition) is 2. The molecule has 2 aromatic heterocycles. The van der Waals surface area contributed by atoms with Crippen LogP contribution in [0.15, 0.2) is 10.9 Å². The second kappa shape index (κ2) is 5.31. The van der Waals surface area contributed by atoms with Gasteiger partial charge in [0, 0.05) is 17.7 Å². The maximum absolute atomic E-state index is 12.2. The maximum Gasteiger partial charge on any atom is 0.336 e. The second-order valence-corrected chi connectivity index (χ2v) is 6.15. The van der Waals surface area contributed by atoms with Crippen LogP contribution in [-0.4, -0.2) is 25.6 Å². The van der Waals surface area contributed by atoms with Gasteiger partial charge in [0.05, 0.1) is 10.9 Å². The van der Waals surface area contributed by atoms with Gasteiger partial charge in [0.2, 0.25) is 0 Å². The summed E-state index contributed by atoms with van der Waals surface area (Å²) in [6.07, 6.45) is 2.81. The molecule has 2 N–H and O–H groups in total. The van der Waals surface area contributed by atoms with Gasteiger partial charge < -0.3 is 5.11 Å². The van der Waals surface area contributed by atoms with Crippen LogP contribution in [0.5, 0.6) is 0 Å². The van der Waals surface area contributed by atoms with Gasteiger partial charge in [-0.15, -0.1) is 0 Å². The summed E-state index contributed by atoms with van der Waals surface area (Å²) in [6.45, 7) is 3.98. The van der Waals surface area contributed by atoms with E-state index in [4.69, 9.17) is 12.2 Å². The Labute approximate surface area is 131 Å².